The molecule has 0 aliphatic rings. The average molecular weight is 241 g/mol. The van der Waals surface area contributed by atoms with Gasteiger partial charge in [0.15, 0.2) is 5.82 Å². The predicted molar refractivity (Wildman–Crippen MR) is 74.2 cm³/mol. The summed E-state index contributed by atoms with van der Waals surface area (Å²) < 4.78 is 0. The van der Waals surface area contributed by atoms with Gasteiger partial charge in [-0.15, -0.1) is 0 Å². The average Bonchev–Trinajstić information content (AvgIpc) is 2.40. The summed E-state index contributed by atoms with van der Waals surface area (Å²) in [6, 6.07) is 10.3. The Morgan fingerprint density at radius 1 is 1.11 bits per heavy atom. The molecule has 0 aliphatic carbocycles. The van der Waals surface area contributed by atoms with E-state index in [-0.39, 0.29) is 0 Å². The smallest absolute Gasteiger partial charge is 0.159 e. The molecule has 0 saturated heterocycles. The van der Waals surface area contributed by atoms with Gasteiger partial charge < -0.3 is 5.32 Å². The number of nitrogens with one attached hydrogen (secondary N) is 1. The summed E-state index contributed by atoms with van der Waals surface area (Å²) in [6.45, 7) is 6.06. The van der Waals surface area contributed by atoms with Crippen LogP contribution in [0.3, 0.4) is 0 Å². The van der Waals surface area contributed by atoms with E-state index < -0.39 is 0 Å². The molecule has 3 nitrogen and oxygen atoms in total. The highest BCUT2D eigenvalue weighted by molar-refractivity contribution is 5.55. The second kappa shape index (κ2) is 6.26. The van der Waals surface area contributed by atoms with Crippen LogP contribution in [0.4, 0.5) is 0 Å². The third kappa shape index (κ3) is 3.37. The van der Waals surface area contributed by atoms with Gasteiger partial charge in [0.2, 0.25) is 0 Å². The largest absolute Gasteiger partial charge is 0.311 e. The zero-order chi connectivity index (χ0) is 12.8. The van der Waals surface area contributed by atoms with Crippen molar-refractivity contribution in [2.75, 3.05) is 6.54 Å². The van der Waals surface area contributed by atoms with Crippen LogP contribution in [0.1, 0.15) is 24.6 Å². The molecule has 1 N–H and O–H groups in total. The Morgan fingerprint density at radius 2 is 1.89 bits per heavy atom. The van der Waals surface area contributed by atoms with Crippen molar-refractivity contribution >= 4 is 0 Å². The van der Waals surface area contributed by atoms with E-state index in [1.165, 1.54) is 5.56 Å². The molecule has 0 spiro atoms. The van der Waals surface area contributed by atoms with Crippen molar-refractivity contribution in [3.8, 4) is 11.4 Å². The normalized spacial score (nSPS) is 10.6. The summed E-state index contributed by atoms with van der Waals surface area (Å²) in [5.41, 5.74) is 3.35. The molecule has 0 atom stereocenters. The molecule has 0 amide bonds. The third-order valence-corrected chi connectivity index (χ3v) is 2.76. The molecular formula is C15H19N3. The molecule has 0 bridgehead atoms. The minimum absolute atomic E-state index is 0.797. The maximum atomic E-state index is 4.57. The van der Waals surface area contributed by atoms with E-state index >= 15 is 0 Å². The monoisotopic (exact) mass is 241 g/mol. The number of hydrogen-bond donors (Lipinski definition) is 1. The molecule has 18 heavy (non-hydrogen) atoms. The van der Waals surface area contributed by atoms with Gasteiger partial charge in [0.05, 0.1) is 5.69 Å². The van der Waals surface area contributed by atoms with Crippen molar-refractivity contribution in [3.05, 3.63) is 47.8 Å². The molecule has 0 saturated carbocycles. The van der Waals surface area contributed by atoms with Gasteiger partial charge in [-0.05, 0) is 26.0 Å². The van der Waals surface area contributed by atoms with Gasteiger partial charge in [-0.25, -0.2) is 9.97 Å². The standard InChI is InChI=1S/C15H19N3/c1-3-9-16-11-14-8-10-17-15(18-14)13-6-4-12(2)5-7-13/h4-8,10,16H,3,9,11H2,1-2H3. The number of rotatable bonds is 5. The van der Waals surface area contributed by atoms with Gasteiger partial charge in [-0.3, -0.25) is 0 Å². The molecule has 2 rings (SSSR count). The van der Waals surface area contributed by atoms with Crippen LogP contribution in [0.25, 0.3) is 11.4 Å². The van der Waals surface area contributed by atoms with Crippen molar-refractivity contribution in [2.24, 2.45) is 0 Å². The Bertz CT molecular complexity index is 491. The summed E-state index contributed by atoms with van der Waals surface area (Å²) in [4.78, 5) is 8.90. The summed E-state index contributed by atoms with van der Waals surface area (Å²) in [6.07, 6.45) is 2.96. The molecule has 3 heteroatoms. The zero-order valence-corrected chi connectivity index (χ0v) is 11.0. The Morgan fingerprint density at radius 3 is 2.61 bits per heavy atom. The summed E-state index contributed by atoms with van der Waals surface area (Å²) >= 11 is 0. The van der Waals surface area contributed by atoms with E-state index in [0.717, 1.165) is 36.6 Å². The van der Waals surface area contributed by atoms with Crippen LogP contribution in [-0.2, 0) is 6.54 Å². The number of hydrogen-bond acceptors (Lipinski definition) is 3. The van der Waals surface area contributed by atoms with Crippen LogP contribution in [0.15, 0.2) is 36.5 Å². The molecule has 1 aromatic heterocycles. The van der Waals surface area contributed by atoms with E-state index in [4.69, 9.17) is 0 Å². The highest BCUT2D eigenvalue weighted by Crippen LogP contribution is 2.15. The second-order valence-electron chi connectivity index (χ2n) is 4.41. The van der Waals surface area contributed by atoms with E-state index in [1.54, 1.807) is 0 Å². The first-order valence-corrected chi connectivity index (χ1v) is 6.39. The van der Waals surface area contributed by atoms with Crippen LogP contribution in [0.2, 0.25) is 0 Å². The molecule has 2 aromatic rings. The molecule has 0 aliphatic heterocycles. The van der Waals surface area contributed by atoms with Gasteiger partial charge in [0, 0.05) is 18.3 Å². The van der Waals surface area contributed by atoms with Crippen LogP contribution in [0.5, 0.6) is 0 Å². The number of aromatic nitrogens is 2. The van der Waals surface area contributed by atoms with Crippen LogP contribution in [-0.4, -0.2) is 16.5 Å². The van der Waals surface area contributed by atoms with E-state index in [0.29, 0.717) is 0 Å². The molecule has 1 aromatic carbocycles. The maximum absolute atomic E-state index is 4.57. The number of aryl methyl sites for hydroxylation is 1. The van der Waals surface area contributed by atoms with Crippen molar-refractivity contribution in [2.45, 2.75) is 26.8 Å². The minimum Gasteiger partial charge on any atom is -0.311 e. The Kier molecular flexibility index (Phi) is 4.42. The molecule has 0 radical (unpaired) electrons. The number of benzene rings is 1. The lowest BCUT2D eigenvalue weighted by molar-refractivity contribution is 0.663. The van der Waals surface area contributed by atoms with Gasteiger partial charge >= 0.3 is 0 Å². The molecule has 1 heterocycles. The zero-order valence-electron chi connectivity index (χ0n) is 11.0. The lowest BCUT2D eigenvalue weighted by atomic mass is 10.1. The Hall–Kier alpha value is -1.74. The lowest BCUT2D eigenvalue weighted by Crippen LogP contribution is -2.15. The summed E-state index contributed by atoms with van der Waals surface area (Å²) in [5, 5.41) is 3.35. The van der Waals surface area contributed by atoms with Gasteiger partial charge in [0.25, 0.3) is 0 Å². The van der Waals surface area contributed by atoms with Crippen LogP contribution < -0.4 is 5.32 Å². The van der Waals surface area contributed by atoms with Crippen molar-refractivity contribution in [3.63, 3.8) is 0 Å². The van der Waals surface area contributed by atoms with E-state index in [1.807, 2.05) is 12.3 Å². The fourth-order valence-electron chi connectivity index (χ4n) is 1.73. The lowest BCUT2D eigenvalue weighted by Gasteiger charge is -2.05. The van der Waals surface area contributed by atoms with Gasteiger partial charge in [-0.2, -0.15) is 0 Å². The Labute approximate surface area is 108 Å². The molecular weight excluding hydrogens is 222 g/mol. The van der Waals surface area contributed by atoms with Crippen molar-refractivity contribution in [1.29, 1.82) is 0 Å². The third-order valence-electron chi connectivity index (χ3n) is 2.76. The first-order valence-electron chi connectivity index (χ1n) is 6.39. The molecule has 0 unspecified atom stereocenters. The van der Waals surface area contributed by atoms with E-state index in [9.17, 15) is 0 Å². The minimum atomic E-state index is 0.797. The summed E-state index contributed by atoms with van der Waals surface area (Å²) in [5.74, 6) is 0.797. The molecule has 94 valence electrons. The Balaban J connectivity index is 2.13. The maximum Gasteiger partial charge on any atom is 0.159 e. The quantitative estimate of drug-likeness (QED) is 0.818. The fraction of sp³-hybridized carbons (Fsp3) is 0.333. The predicted octanol–water partition coefficient (Wildman–Crippen LogP) is 2.95. The molecule has 0 fully saturated rings. The summed E-state index contributed by atoms with van der Waals surface area (Å²) in [7, 11) is 0. The first kappa shape index (κ1) is 12.7. The fourth-order valence-corrected chi connectivity index (χ4v) is 1.73. The highest BCUT2D eigenvalue weighted by Gasteiger charge is 2.02. The first-order chi connectivity index (χ1) is 8.79. The highest BCUT2D eigenvalue weighted by atomic mass is 14.9. The van der Waals surface area contributed by atoms with Gasteiger partial charge in [-0.1, -0.05) is 36.8 Å². The van der Waals surface area contributed by atoms with Crippen molar-refractivity contribution < 1.29 is 0 Å². The SMILES string of the molecule is CCCNCc1ccnc(-c2ccc(C)cc2)n1. The van der Waals surface area contributed by atoms with Gasteiger partial charge in [0.1, 0.15) is 0 Å². The topological polar surface area (TPSA) is 37.8 Å². The van der Waals surface area contributed by atoms with Crippen LogP contribution in [0, 0.1) is 6.92 Å². The van der Waals surface area contributed by atoms with Crippen LogP contribution >= 0.6 is 0 Å². The van der Waals surface area contributed by atoms with Crippen molar-refractivity contribution in [1.82, 2.24) is 15.3 Å². The second-order valence-corrected chi connectivity index (χ2v) is 4.41. The number of nitrogens with zero attached hydrogens (tertiary/aromatic N) is 2. The van der Waals surface area contributed by atoms with E-state index in [2.05, 4.69) is 53.4 Å².